The van der Waals surface area contributed by atoms with Gasteiger partial charge in [0.15, 0.2) is 7.14 Å². The van der Waals surface area contributed by atoms with E-state index in [2.05, 4.69) is 0 Å². The number of hydrogen-bond acceptors (Lipinski definition) is 4. The van der Waals surface area contributed by atoms with Crippen molar-refractivity contribution in [3.05, 3.63) is 121 Å². The summed E-state index contributed by atoms with van der Waals surface area (Å²) >= 11 is 0. The molecule has 1 N–H and O–H groups in total. The van der Waals surface area contributed by atoms with Gasteiger partial charge in [-0.05, 0) is 29.8 Å². The van der Waals surface area contributed by atoms with E-state index in [9.17, 15) is 5.11 Å². The van der Waals surface area contributed by atoms with E-state index < -0.39 is 19.0 Å². The molecule has 33 heavy (non-hydrogen) atoms. The van der Waals surface area contributed by atoms with Gasteiger partial charge >= 0.3 is 0 Å². The molecule has 0 aliphatic carbocycles. The van der Waals surface area contributed by atoms with Gasteiger partial charge in [0.2, 0.25) is 0 Å². The number of nitrogens with zero attached hydrogens (tertiary/aromatic N) is 1. The molecule has 0 aliphatic heterocycles. The zero-order chi connectivity index (χ0) is 23.3. The largest absolute Gasteiger partial charge is 0.497 e. The molecule has 0 aliphatic rings. The summed E-state index contributed by atoms with van der Waals surface area (Å²) in [5.41, 5.74) is 1.55. The van der Waals surface area contributed by atoms with Crippen molar-refractivity contribution in [2.24, 2.45) is 0 Å². The van der Waals surface area contributed by atoms with Crippen LogP contribution in [0, 0.1) is 0 Å². The van der Waals surface area contributed by atoms with Gasteiger partial charge in [-0.1, -0.05) is 91.0 Å². The summed E-state index contributed by atoms with van der Waals surface area (Å²) in [6.45, 7) is 0. The number of aliphatic hydroxyl groups excluding tert-OH is 1. The number of benzene rings is 4. The SMILES string of the molecule is COc1ccc(C(O)C(N(C)c2ccccc2)P(=O)(c2ccccc2)c2ccccc2)cc1. The number of likely N-dealkylation sites (N-methyl/N-ethyl adjacent to an activating group) is 1. The van der Waals surface area contributed by atoms with Gasteiger partial charge in [-0.25, -0.2) is 0 Å². The zero-order valence-corrected chi connectivity index (χ0v) is 19.7. The Balaban J connectivity index is 1.93. The lowest BCUT2D eigenvalue weighted by molar-refractivity contribution is 0.170. The van der Waals surface area contributed by atoms with E-state index >= 15 is 4.57 Å². The van der Waals surface area contributed by atoms with Crippen LogP contribution in [0.1, 0.15) is 11.7 Å². The predicted octanol–water partition coefficient (Wildman–Crippen LogP) is 5.21. The highest BCUT2D eigenvalue weighted by Crippen LogP contribution is 2.54. The van der Waals surface area contributed by atoms with E-state index in [0.717, 1.165) is 5.69 Å². The summed E-state index contributed by atoms with van der Waals surface area (Å²) in [6.07, 6.45) is -1.02. The molecule has 4 rings (SSSR count). The van der Waals surface area contributed by atoms with E-state index in [0.29, 0.717) is 21.9 Å². The average molecular weight is 458 g/mol. The minimum atomic E-state index is -3.35. The maximum Gasteiger partial charge on any atom is 0.167 e. The van der Waals surface area contributed by atoms with Gasteiger partial charge in [0.05, 0.1) is 7.11 Å². The first-order valence-electron chi connectivity index (χ1n) is 10.9. The quantitative estimate of drug-likeness (QED) is 0.369. The van der Waals surface area contributed by atoms with Gasteiger partial charge in [0.1, 0.15) is 17.6 Å². The number of rotatable bonds is 8. The van der Waals surface area contributed by atoms with Crippen LogP contribution < -0.4 is 20.2 Å². The second-order valence-corrected chi connectivity index (χ2v) is 10.8. The van der Waals surface area contributed by atoms with Crippen molar-refractivity contribution in [3.8, 4) is 5.75 Å². The molecule has 0 saturated heterocycles. The maximum absolute atomic E-state index is 15.2. The Bertz CT molecular complexity index is 1150. The molecule has 0 spiro atoms. The van der Waals surface area contributed by atoms with E-state index in [4.69, 9.17) is 4.74 Å². The van der Waals surface area contributed by atoms with Gasteiger partial charge in [-0.2, -0.15) is 0 Å². The minimum absolute atomic E-state index is 0.677. The molecule has 2 atom stereocenters. The smallest absolute Gasteiger partial charge is 0.167 e. The Morgan fingerprint density at radius 3 is 1.64 bits per heavy atom. The molecule has 0 fully saturated rings. The van der Waals surface area contributed by atoms with Crippen molar-refractivity contribution >= 4 is 23.4 Å². The van der Waals surface area contributed by atoms with Crippen LogP contribution in [0.2, 0.25) is 0 Å². The highest BCUT2D eigenvalue weighted by molar-refractivity contribution is 7.79. The maximum atomic E-state index is 15.2. The highest BCUT2D eigenvalue weighted by Gasteiger charge is 2.44. The van der Waals surface area contributed by atoms with Gasteiger partial charge in [0.25, 0.3) is 0 Å². The third-order valence-corrected chi connectivity index (χ3v) is 9.46. The fourth-order valence-electron chi connectivity index (χ4n) is 4.20. The molecule has 2 unspecified atom stereocenters. The van der Waals surface area contributed by atoms with Crippen molar-refractivity contribution in [2.45, 2.75) is 11.9 Å². The molecule has 4 aromatic carbocycles. The van der Waals surface area contributed by atoms with E-state index in [1.165, 1.54) is 0 Å². The fraction of sp³-hybridized carbons (Fsp3) is 0.143. The monoisotopic (exact) mass is 457 g/mol. The lowest BCUT2D eigenvalue weighted by Gasteiger charge is -2.39. The van der Waals surface area contributed by atoms with Crippen molar-refractivity contribution in [2.75, 3.05) is 19.1 Å². The van der Waals surface area contributed by atoms with Crippen LogP contribution in [0.25, 0.3) is 0 Å². The van der Waals surface area contributed by atoms with Gasteiger partial charge in [-0.15, -0.1) is 0 Å². The topological polar surface area (TPSA) is 49.8 Å². The third-order valence-electron chi connectivity index (χ3n) is 5.95. The van der Waals surface area contributed by atoms with Crippen molar-refractivity contribution in [1.29, 1.82) is 0 Å². The lowest BCUT2D eigenvalue weighted by atomic mass is 10.1. The summed E-state index contributed by atoms with van der Waals surface area (Å²) < 4.78 is 20.5. The second-order valence-electron chi connectivity index (χ2n) is 7.91. The van der Waals surface area contributed by atoms with E-state index in [1.54, 1.807) is 7.11 Å². The van der Waals surface area contributed by atoms with Crippen LogP contribution in [-0.2, 0) is 4.57 Å². The summed E-state index contributed by atoms with van der Waals surface area (Å²) in [7, 11) is 0.150. The Hall–Kier alpha value is -3.33. The van der Waals surface area contributed by atoms with Crippen molar-refractivity contribution in [1.82, 2.24) is 0 Å². The first kappa shape index (κ1) is 22.8. The van der Waals surface area contributed by atoms with Crippen molar-refractivity contribution in [3.63, 3.8) is 0 Å². The molecule has 0 bridgehead atoms. The van der Waals surface area contributed by atoms with E-state index in [1.807, 2.05) is 127 Å². The second kappa shape index (κ2) is 10.1. The summed E-state index contributed by atoms with van der Waals surface area (Å²) in [5, 5.41) is 13.2. The molecular formula is C28H28NO3P. The zero-order valence-electron chi connectivity index (χ0n) is 18.8. The molecule has 0 saturated carbocycles. The molecule has 5 heteroatoms. The predicted molar refractivity (Wildman–Crippen MR) is 136 cm³/mol. The lowest BCUT2D eigenvalue weighted by Crippen LogP contribution is -2.42. The highest BCUT2D eigenvalue weighted by atomic mass is 31.2. The Kier molecular flexibility index (Phi) is 6.98. The van der Waals surface area contributed by atoms with Crippen molar-refractivity contribution < 1.29 is 14.4 Å². The van der Waals surface area contributed by atoms with Crippen LogP contribution in [-0.4, -0.2) is 25.0 Å². The standard InChI is InChI=1S/C28H28NO3P/c1-29(23-12-6-3-7-13-23)28(27(30)22-18-20-24(32-2)21-19-22)33(31,25-14-8-4-9-15-25)26-16-10-5-11-17-26/h3-21,27-28,30H,1-2H3. The molecule has 4 nitrogen and oxygen atoms in total. The number of ether oxygens (including phenoxy) is 1. The summed E-state index contributed by atoms with van der Waals surface area (Å²) in [5.74, 6) is -0.0358. The number of methoxy groups -OCH3 is 1. The summed E-state index contributed by atoms with van der Waals surface area (Å²) in [4.78, 5) is 1.94. The van der Waals surface area contributed by atoms with Gasteiger partial charge in [-0.3, -0.25) is 0 Å². The Morgan fingerprint density at radius 1 is 0.727 bits per heavy atom. The first-order chi connectivity index (χ1) is 16.1. The summed E-state index contributed by atoms with van der Waals surface area (Å²) in [6, 6.07) is 36.0. The number of hydrogen-bond donors (Lipinski definition) is 1. The Morgan fingerprint density at radius 2 is 1.18 bits per heavy atom. The molecular weight excluding hydrogens is 429 g/mol. The third kappa shape index (κ3) is 4.59. The van der Waals surface area contributed by atoms with Gasteiger partial charge in [0, 0.05) is 23.3 Å². The average Bonchev–Trinajstić information content (AvgIpc) is 2.90. The molecule has 4 aromatic rings. The Labute approximate surface area is 195 Å². The molecule has 0 amide bonds. The van der Waals surface area contributed by atoms with Crippen LogP contribution in [0.4, 0.5) is 5.69 Å². The number of para-hydroxylation sites is 1. The van der Waals surface area contributed by atoms with Crippen LogP contribution >= 0.6 is 7.14 Å². The first-order valence-corrected chi connectivity index (χ1v) is 12.6. The van der Waals surface area contributed by atoms with Crippen LogP contribution in [0.15, 0.2) is 115 Å². The fourth-order valence-corrected chi connectivity index (χ4v) is 7.53. The van der Waals surface area contributed by atoms with Gasteiger partial charge < -0.3 is 19.3 Å². The molecule has 0 radical (unpaired) electrons. The molecule has 0 heterocycles. The normalized spacial score (nSPS) is 13.2. The number of anilines is 1. The van der Waals surface area contributed by atoms with Crippen LogP contribution in [0.5, 0.6) is 5.75 Å². The molecule has 168 valence electrons. The van der Waals surface area contributed by atoms with E-state index in [-0.39, 0.29) is 0 Å². The minimum Gasteiger partial charge on any atom is -0.497 e. The number of aliphatic hydroxyl groups is 1. The van der Waals surface area contributed by atoms with Crippen LogP contribution in [0.3, 0.4) is 0 Å². The molecule has 0 aromatic heterocycles.